The number of nitrogens with zero attached hydrogens (tertiary/aromatic N) is 1. The van der Waals surface area contributed by atoms with Gasteiger partial charge in [0, 0.05) is 37.4 Å². The van der Waals surface area contributed by atoms with Gasteiger partial charge in [-0.05, 0) is 37.8 Å². The molecule has 1 aromatic rings. The van der Waals surface area contributed by atoms with Crippen LogP contribution in [0.2, 0.25) is 0 Å². The van der Waals surface area contributed by atoms with Crippen molar-refractivity contribution >= 4 is 17.5 Å². The van der Waals surface area contributed by atoms with Crippen LogP contribution >= 0.6 is 0 Å². The van der Waals surface area contributed by atoms with Crippen molar-refractivity contribution in [2.75, 3.05) is 38.2 Å². The van der Waals surface area contributed by atoms with Crippen LogP contribution in [0, 0.1) is 5.92 Å². The zero-order chi connectivity index (χ0) is 17.9. The molecule has 3 aliphatic rings. The first-order chi connectivity index (χ1) is 12.7. The second-order valence-electron chi connectivity index (χ2n) is 6.95. The maximum Gasteiger partial charge on any atom is 0.251 e. The summed E-state index contributed by atoms with van der Waals surface area (Å²) in [7, 11) is 0. The Bertz CT molecular complexity index is 679. The Morgan fingerprint density at radius 3 is 2.50 bits per heavy atom. The van der Waals surface area contributed by atoms with Crippen LogP contribution in [-0.4, -0.2) is 55.7 Å². The van der Waals surface area contributed by atoms with E-state index in [9.17, 15) is 9.59 Å². The van der Waals surface area contributed by atoms with Crippen LogP contribution in [0.3, 0.4) is 0 Å². The molecule has 7 nitrogen and oxygen atoms in total. The van der Waals surface area contributed by atoms with E-state index in [1.165, 1.54) is 0 Å². The predicted molar refractivity (Wildman–Crippen MR) is 94.3 cm³/mol. The fourth-order valence-corrected chi connectivity index (χ4v) is 3.70. The van der Waals surface area contributed by atoms with Crippen LogP contribution < -0.4 is 14.8 Å². The number of carbonyl (C=O) groups excluding carboxylic acids is 2. The number of rotatable bonds is 3. The molecule has 0 aliphatic carbocycles. The summed E-state index contributed by atoms with van der Waals surface area (Å²) in [5.41, 5.74) is 0.706. The van der Waals surface area contributed by atoms with Crippen LogP contribution in [0.5, 0.6) is 11.5 Å². The fourth-order valence-electron chi connectivity index (χ4n) is 3.70. The van der Waals surface area contributed by atoms with Crippen molar-refractivity contribution in [3.05, 3.63) is 18.2 Å². The number of nitrogens with one attached hydrogen (secondary N) is 1. The standard InChI is InChI=1S/C19H24N2O5/c22-18(20-14-3-4-15-17(12-14)26-11-10-25-15)13-5-7-21(8-6-13)19(23)16-2-1-9-24-16/h3-4,12-13,16H,1-2,5-11H2,(H,20,22). The lowest BCUT2D eigenvalue weighted by Crippen LogP contribution is -2.45. The lowest BCUT2D eigenvalue weighted by Gasteiger charge is -2.32. The Morgan fingerprint density at radius 2 is 1.77 bits per heavy atom. The van der Waals surface area contributed by atoms with E-state index in [-0.39, 0.29) is 23.8 Å². The number of benzene rings is 1. The molecular weight excluding hydrogens is 336 g/mol. The average molecular weight is 360 g/mol. The molecule has 1 N–H and O–H groups in total. The minimum Gasteiger partial charge on any atom is -0.486 e. The first-order valence-electron chi connectivity index (χ1n) is 9.31. The molecule has 2 amide bonds. The molecule has 2 fully saturated rings. The Morgan fingerprint density at radius 1 is 1.00 bits per heavy atom. The van der Waals surface area contributed by atoms with Crippen molar-refractivity contribution in [2.45, 2.75) is 31.8 Å². The van der Waals surface area contributed by atoms with Gasteiger partial charge < -0.3 is 24.4 Å². The van der Waals surface area contributed by atoms with E-state index >= 15 is 0 Å². The molecular formula is C19H24N2O5. The van der Waals surface area contributed by atoms with Gasteiger partial charge in [0.05, 0.1) is 0 Å². The monoisotopic (exact) mass is 360 g/mol. The predicted octanol–water partition coefficient (Wildman–Crippen LogP) is 1.81. The summed E-state index contributed by atoms with van der Waals surface area (Å²) in [5, 5.41) is 2.96. The van der Waals surface area contributed by atoms with Crippen molar-refractivity contribution in [3.8, 4) is 11.5 Å². The van der Waals surface area contributed by atoms with Gasteiger partial charge in [0.2, 0.25) is 5.91 Å². The van der Waals surface area contributed by atoms with E-state index in [4.69, 9.17) is 14.2 Å². The number of carbonyl (C=O) groups is 2. The lowest BCUT2D eigenvalue weighted by molar-refractivity contribution is -0.143. The fraction of sp³-hybridized carbons (Fsp3) is 0.579. The lowest BCUT2D eigenvalue weighted by atomic mass is 9.95. The second kappa shape index (κ2) is 7.53. The Hall–Kier alpha value is -2.28. The number of piperidine rings is 1. The number of ether oxygens (including phenoxy) is 3. The maximum atomic E-state index is 12.6. The molecule has 1 aromatic carbocycles. The Balaban J connectivity index is 1.30. The van der Waals surface area contributed by atoms with Gasteiger partial charge in [0.25, 0.3) is 5.91 Å². The summed E-state index contributed by atoms with van der Waals surface area (Å²) in [6, 6.07) is 5.43. The van der Waals surface area contributed by atoms with Gasteiger partial charge in [-0.1, -0.05) is 0 Å². The number of fused-ring (bicyclic) bond motifs is 1. The van der Waals surface area contributed by atoms with E-state index in [2.05, 4.69) is 5.32 Å². The highest BCUT2D eigenvalue weighted by Crippen LogP contribution is 2.33. The maximum absolute atomic E-state index is 12.6. The van der Waals surface area contributed by atoms with Crippen molar-refractivity contribution < 1.29 is 23.8 Å². The molecule has 0 aromatic heterocycles. The molecule has 1 unspecified atom stereocenters. The molecule has 1 atom stereocenters. The molecule has 0 saturated carbocycles. The smallest absolute Gasteiger partial charge is 0.251 e. The molecule has 4 rings (SSSR count). The third kappa shape index (κ3) is 3.62. The number of anilines is 1. The first-order valence-corrected chi connectivity index (χ1v) is 9.31. The molecule has 7 heteroatoms. The summed E-state index contributed by atoms with van der Waals surface area (Å²) < 4.78 is 16.5. The molecule has 0 radical (unpaired) electrons. The zero-order valence-corrected chi connectivity index (χ0v) is 14.7. The number of likely N-dealkylation sites (tertiary alicyclic amines) is 1. The van der Waals surface area contributed by atoms with Gasteiger partial charge >= 0.3 is 0 Å². The Labute approximate surface area is 152 Å². The van der Waals surface area contributed by atoms with Crippen LogP contribution in [-0.2, 0) is 14.3 Å². The minimum absolute atomic E-state index is 0.00843. The van der Waals surface area contributed by atoms with Gasteiger partial charge in [-0.15, -0.1) is 0 Å². The van der Waals surface area contributed by atoms with Crippen molar-refractivity contribution in [1.82, 2.24) is 4.90 Å². The highest BCUT2D eigenvalue weighted by Gasteiger charge is 2.32. The van der Waals surface area contributed by atoms with Crippen LogP contribution in [0.15, 0.2) is 18.2 Å². The summed E-state index contributed by atoms with van der Waals surface area (Å²) in [6.07, 6.45) is 2.83. The average Bonchev–Trinajstić information content (AvgIpc) is 3.22. The highest BCUT2D eigenvalue weighted by atomic mass is 16.6. The van der Waals surface area contributed by atoms with E-state index in [1.54, 1.807) is 6.07 Å². The first kappa shape index (κ1) is 17.1. The van der Waals surface area contributed by atoms with Crippen LogP contribution in [0.1, 0.15) is 25.7 Å². The van der Waals surface area contributed by atoms with Crippen molar-refractivity contribution in [3.63, 3.8) is 0 Å². The van der Waals surface area contributed by atoms with Gasteiger partial charge in [-0.3, -0.25) is 9.59 Å². The SMILES string of the molecule is O=C(Nc1ccc2c(c1)OCCO2)C1CCN(C(=O)C2CCCO2)CC1. The van der Waals surface area contributed by atoms with E-state index in [0.717, 1.165) is 12.8 Å². The molecule has 3 aliphatic heterocycles. The largest absolute Gasteiger partial charge is 0.486 e. The normalized spacial score (nSPS) is 22.9. The minimum atomic E-state index is -0.280. The van der Waals surface area contributed by atoms with Gasteiger partial charge in [0.1, 0.15) is 19.3 Å². The third-order valence-electron chi connectivity index (χ3n) is 5.19. The number of hydrogen-bond acceptors (Lipinski definition) is 5. The molecule has 26 heavy (non-hydrogen) atoms. The van der Waals surface area contributed by atoms with Gasteiger partial charge in [0.15, 0.2) is 11.5 Å². The summed E-state index contributed by atoms with van der Waals surface area (Å²) in [5.74, 6) is 1.34. The molecule has 0 spiro atoms. The van der Waals surface area contributed by atoms with Gasteiger partial charge in [-0.25, -0.2) is 0 Å². The van der Waals surface area contributed by atoms with E-state index < -0.39 is 0 Å². The van der Waals surface area contributed by atoms with Crippen LogP contribution in [0.4, 0.5) is 5.69 Å². The molecule has 140 valence electrons. The van der Waals surface area contributed by atoms with Gasteiger partial charge in [-0.2, -0.15) is 0 Å². The highest BCUT2D eigenvalue weighted by molar-refractivity contribution is 5.93. The molecule has 2 saturated heterocycles. The van der Waals surface area contributed by atoms with E-state index in [0.29, 0.717) is 62.9 Å². The van der Waals surface area contributed by atoms with Crippen molar-refractivity contribution in [1.29, 1.82) is 0 Å². The summed E-state index contributed by atoms with van der Waals surface area (Å²) in [4.78, 5) is 26.8. The molecule has 3 heterocycles. The molecule has 0 bridgehead atoms. The number of amides is 2. The van der Waals surface area contributed by atoms with Crippen molar-refractivity contribution in [2.24, 2.45) is 5.92 Å². The Kier molecular flexibility index (Phi) is 4.97. The van der Waals surface area contributed by atoms with E-state index in [1.807, 2.05) is 17.0 Å². The zero-order valence-electron chi connectivity index (χ0n) is 14.7. The topological polar surface area (TPSA) is 77.1 Å². The second-order valence-corrected chi connectivity index (χ2v) is 6.95. The summed E-state index contributed by atoms with van der Waals surface area (Å²) in [6.45, 7) is 2.95. The summed E-state index contributed by atoms with van der Waals surface area (Å²) >= 11 is 0. The quantitative estimate of drug-likeness (QED) is 0.890. The third-order valence-corrected chi connectivity index (χ3v) is 5.19. The van der Waals surface area contributed by atoms with Crippen LogP contribution in [0.25, 0.3) is 0 Å². The number of hydrogen-bond donors (Lipinski definition) is 1.